The van der Waals surface area contributed by atoms with Crippen molar-refractivity contribution >= 4 is 20.0 Å². The number of hydrogen-bond acceptors (Lipinski definition) is 6. The predicted octanol–water partition coefficient (Wildman–Crippen LogP) is 6.80. The van der Waals surface area contributed by atoms with Crippen LogP contribution in [0, 0.1) is 22.7 Å². The van der Waals surface area contributed by atoms with Crippen LogP contribution in [0.1, 0.15) is 148 Å². The van der Waals surface area contributed by atoms with Crippen molar-refractivity contribution in [2.45, 2.75) is 153 Å². The van der Waals surface area contributed by atoms with Crippen molar-refractivity contribution in [2.24, 2.45) is 0 Å². The maximum atomic E-state index is 13.1. The third-order valence-electron chi connectivity index (χ3n) is 6.77. The lowest BCUT2D eigenvalue weighted by Crippen LogP contribution is -2.45. The van der Waals surface area contributed by atoms with Crippen LogP contribution in [0.3, 0.4) is 0 Å². The molecule has 0 aliphatic rings. The fourth-order valence-electron chi connectivity index (χ4n) is 4.43. The van der Waals surface area contributed by atoms with E-state index in [1.54, 1.807) is 0 Å². The average Bonchev–Trinajstić information content (AvgIpc) is 2.88. The second kappa shape index (κ2) is 24.8. The number of rotatable bonds is 28. The van der Waals surface area contributed by atoms with Gasteiger partial charge in [-0.25, -0.2) is 26.3 Å². The number of sulfonamides is 2. The summed E-state index contributed by atoms with van der Waals surface area (Å²) in [5.74, 6) is 0. The molecule has 0 rings (SSSR count). The lowest BCUT2D eigenvalue weighted by atomic mass is 10.1. The predicted molar refractivity (Wildman–Crippen MR) is 156 cm³/mol. The van der Waals surface area contributed by atoms with Gasteiger partial charge in [0.2, 0.25) is 20.0 Å². The molecule has 0 bridgehead atoms. The summed E-state index contributed by atoms with van der Waals surface area (Å²) in [5.41, 5.74) is 0. The van der Waals surface area contributed by atoms with E-state index in [1.807, 2.05) is 0 Å². The fourth-order valence-corrected chi connectivity index (χ4v) is 8.36. The highest BCUT2D eigenvalue weighted by Crippen LogP contribution is 2.18. The summed E-state index contributed by atoms with van der Waals surface area (Å²) in [5, 5.41) is 17.1. The van der Waals surface area contributed by atoms with Crippen LogP contribution >= 0.6 is 0 Å². The molecule has 0 atom stereocenters. The van der Waals surface area contributed by atoms with Crippen molar-refractivity contribution in [2.75, 3.05) is 13.1 Å². The Morgan fingerprint density at radius 3 is 1.26 bits per heavy atom. The van der Waals surface area contributed by atoms with Crippen LogP contribution in [0.15, 0.2) is 0 Å². The molecule has 0 heterocycles. The van der Waals surface area contributed by atoms with Crippen molar-refractivity contribution in [1.82, 2.24) is 9.44 Å². The van der Waals surface area contributed by atoms with E-state index in [0.29, 0.717) is 32.1 Å². The molecule has 0 saturated heterocycles. The Kier molecular flexibility index (Phi) is 24.0. The molecular formula is C28H54N4O4S2. The smallest absolute Gasteiger partial charge is 0.214 e. The molecule has 0 aromatic carbocycles. The molecule has 0 aliphatic carbocycles. The quantitative estimate of drug-likeness (QED) is 0.0985. The highest BCUT2D eigenvalue weighted by atomic mass is 32.3. The molecule has 2 N–H and O–H groups in total. The van der Waals surface area contributed by atoms with Gasteiger partial charge in [-0.15, -0.1) is 0 Å². The summed E-state index contributed by atoms with van der Waals surface area (Å²) in [4.78, 5) is 0. The number of nitrogens with zero attached hydrogens (tertiary/aromatic N) is 2. The Balaban J connectivity index is 4.67. The lowest BCUT2D eigenvalue weighted by Gasteiger charge is -2.19. The Labute approximate surface area is 234 Å². The Morgan fingerprint density at radius 1 is 0.526 bits per heavy atom. The average molecular weight is 575 g/mol. The molecule has 0 aliphatic heterocycles. The molecular weight excluding hydrogens is 520 g/mol. The van der Waals surface area contributed by atoms with Gasteiger partial charge in [-0.3, -0.25) is 0 Å². The molecule has 0 saturated carbocycles. The van der Waals surface area contributed by atoms with E-state index in [2.05, 4.69) is 28.5 Å². The standard InChI is InChI=1S/C28H54N4O4S2/c1-2-3-4-5-8-13-18-23-28(37(33,34)31-26-21-16-11-6-9-14-19-24-29)38(35,36)32-27-22-17-12-7-10-15-20-25-30/h28,31-32H,2-23,26-27H2,1H3. The highest BCUT2D eigenvalue weighted by molar-refractivity contribution is 8.07. The van der Waals surface area contributed by atoms with E-state index in [-0.39, 0.29) is 19.5 Å². The molecule has 0 unspecified atom stereocenters. The van der Waals surface area contributed by atoms with Crippen LogP contribution in [0.25, 0.3) is 0 Å². The van der Waals surface area contributed by atoms with Gasteiger partial charge in [0, 0.05) is 25.9 Å². The maximum Gasteiger partial charge on any atom is 0.230 e. The van der Waals surface area contributed by atoms with Crippen LogP contribution in [0.4, 0.5) is 0 Å². The van der Waals surface area contributed by atoms with Gasteiger partial charge in [0.25, 0.3) is 0 Å². The first-order valence-corrected chi connectivity index (χ1v) is 18.1. The molecule has 0 spiro atoms. The fraction of sp³-hybridized carbons (Fsp3) is 0.929. The van der Waals surface area contributed by atoms with Crippen LogP contribution in [0.5, 0.6) is 0 Å². The van der Waals surface area contributed by atoms with Gasteiger partial charge >= 0.3 is 0 Å². The third-order valence-corrected chi connectivity index (χ3v) is 11.4. The minimum absolute atomic E-state index is 0.107. The molecule has 0 fully saturated rings. The number of nitriles is 2. The molecule has 0 amide bonds. The molecule has 0 radical (unpaired) electrons. The SMILES string of the molecule is CCCCCCCCCC(S(=O)(=O)NCCCCCCCCC#N)S(=O)(=O)NCCCCCCCCC#N. The zero-order valence-electron chi connectivity index (χ0n) is 23.9. The minimum atomic E-state index is -4.01. The van der Waals surface area contributed by atoms with Gasteiger partial charge in [0.1, 0.15) is 0 Å². The van der Waals surface area contributed by atoms with Gasteiger partial charge in [0.05, 0.1) is 12.1 Å². The van der Waals surface area contributed by atoms with Crippen LogP contribution in [0.2, 0.25) is 0 Å². The highest BCUT2D eigenvalue weighted by Gasteiger charge is 2.36. The van der Waals surface area contributed by atoms with Gasteiger partial charge in [-0.2, -0.15) is 10.5 Å². The molecule has 222 valence electrons. The molecule has 38 heavy (non-hydrogen) atoms. The topological polar surface area (TPSA) is 140 Å². The summed E-state index contributed by atoms with van der Waals surface area (Å²) >= 11 is 0. The van der Waals surface area contributed by atoms with Crippen molar-refractivity contribution in [3.8, 4) is 12.1 Å². The summed E-state index contributed by atoms with van der Waals surface area (Å²) in [6, 6.07) is 4.28. The number of hydrogen-bond donors (Lipinski definition) is 2. The first-order valence-electron chi connectivity index (χ1n) is 15.0. The molecule has 8 nitrogen and oxygen atoms in total. The minimum Gasteiger partial charge on any atom is -0.214 e. The van der Waals surface area contributed by atoms with Crippen LogP contribution < -0.4 is 9.44 Å². The summed E-state index contributed by atoms with van der Waals surface area (Å²) in [6.07, 6.45) is 19.2. The van der Waals surface area contributed by atoms with Crippen molar-refractivity contribution < 1.29 is 16.8 Å². The normalized spacial score (nSPS) is 12.0. The Bertz CT molecular complexity index is 787. The number of unbranched alkanes of at least 4 members (excludes halogenated alkanes) is 18. The van der Waals surface area contributed by atoms with Crippen LogP contribution in [-0.2, 0) is 20.0 Å². The molecule has 10 heteroatoms. The zero-order chi connectivity index (χ0) is 28.4. The Morgan fingerprint density at radius 2 is 0.868 bits per heavy atom. The van der Waals surface area contributed by atoms with E-state index >= 15 is 0 Å². The number of nitrogens with one attached hydrogen (secondary N) is 2. The van der Waals surface area contributed by atoms with Gasteiger partial charge in [-0.1, -0.05) is 103 Å². The first-order chi connectivity index (χ1) is 18.3. The third kappa shape index (κ3) is 20.7. The monoisotopic (exact) mass is 574 g/mol. The zero-order valence-corrected chi connectivity index (χ0v) is 25.5. The summed E-state index contributed by atoms with van der Waals surface area (Å²) < 4.78 is 55.9. The lowest BCUT2D eigenvalue weighted by molar-refractivity contribution is 0.531. The van der Waals surface area contributed by atoms with Crippen LogP contribution in [-0.4, -0.2) is 34.5 Å². The summed E-state index contributed by atoms with van der Waals surface area (Å²) in [7, 11) is -8.02. The van der Waals surface area contributed by atoms with Crippen molar-refractivity contribution in [1.29, 1.82) is 10.5 Å². The van der Waals surface area contributed by atoms with E-state index in [9.17, 15) is 16.8 Å². The van der Waals surface area contributed by atoms with E-state index in [0.717, 1.165) is 96.3 Å². The van der Waals surface area contributed by atoms with Gasteiger partial charge in [-0.05, 0) is 32.1 Å². The molecule has 0 aromatic heterocycles. The van der Waals surface area contributed by atoms with E-state index in [1.165, 1.54) is 6.42 Å². The van der Waals surface area contributed by atoms with Gasteiger partial charge < -0.3 is 0 Å². The first kappa shape index (κ1) is 36.8. The Hall–Kier alpha value is -1.20. The van der Waals surface area contributed by atoms with E-state index < -0.39 is 24.6 Å². The molecule has 0 aromatic rings. The van der Waals surface area contributed by atoms with Crippen molar-refractivity contribution in [3.63, 3.8) is 0 Å². The second-order valence-corrected chi connectivity index (χ2v) is 14.5. The summed E-state index contributed by atoms with van der Waals surface area (Å²) in [6.45, 7) is 2.65. The maximum absolute atomic E-state index is 13.1. The van der Waals surface area contributed by atoms with Crippen molar-refractivity contribution in [3.05, 3.63) is 0 Å². The largest absolute Gasteiger partial charge is 0.230 e. The second-order valence-electron chi connectivity index (χ2n) is 10.3. The van der Waals surface area contributed by atoms with E-state index in [4.69, 9.17) is 10.5 Å². The van der Waals surface area contributed by atoms with Gasteiger partial charge in [0.15, 0.2) is 4.58 Å².